The van der Waals surface area contributed by atoms with Gasteiger partial charge in [-0.15, -0.1) is 0 Å². The predicted molar refractivity (Wildman–Crippen MR) is 97.5 cm³/mol. The number of hydrazine groups is 1. The molecule has 1 aromatic rings. The SMILES string of the molecule is CCSCC[C@@H](N)C(O)C(=O)N(N)C(=O)c1ccc(C(C)C)cc1. The highest BCUT2D eigenvalue weighted by molar-refractivity contribution is 7.99. The second kappa shape index (κ2) is 9.78. The molecule has 2 amide bonds. The van der Waals surface area contributed by atoms with Crippen LogP contribution >= 0.6 is 11.8 Å². The fourth-order valence-electron chi connectivity index (χ4n) is 2.10. The maximum atomic E-state index is 12.3. The van der Waals surface area contributed by atoms with E-state index in [9.17, 15) is 14.7 Å². The molecule has 0 aromatic heterocycles. The Kier molecular flexibility index (Phi) is 8.41. The van der Waals surface area contributed by atoms with Gasteiger partial charge in [-0.25, -0.2) is 10.9 Å². The first-order valence-electron chi connectivity index (χ1n) is 8.03. The topological polar surface area (TPSA) is 110 Å². The van der Waals surface area contributed by atoms with Crippen LogP contribution in [0.4, 0.5) is 0 Å². The first-order valence-corrected chi connectivity index (χ1v) is 9.19. The Morgan fingerprint density at radius 1 is 1.25 bits per heavy atom. The molecule has 7 heteroatoms. The molecular formula is C17H27N3O3S. The monoisotopic (exact) mass is 353 g/mol. The number of amides is 2. The van der Waals surface area contributed by atoms with E-state index in [2.05, 4.69) is 0 Å². The minimum absolute atomic E-state index is 0.289. The van der Waals surface area contributed by atoms with E-state index >= 15 is 0 Å². The molecule has 0 bridgehead atoms. The minimum atomic E-state index is -1.49. The van der Waals surface area contributed by atoms with Crippen LogP contribution in [0.25, 0.3) is 0 Å². The number of aliphatic hydroxyl groups excluding tert-OH is 1. The number of hydrogen-bond donors (Lipinski definition) is 3. The van der Waals surface area contributed by atoms with E-state index in [1.807, 2.05) is 32.9 Å². The molecule has 0 saturated carbocycles. The third-order valence-electron chi connectivity index (χ3n) is 3.74. The van der Waals surface area contributed by atoms with Gasteiger partial charge < -0.3 is 10.8 Å². The molecule has 5 N–H and O–H groups in total. The Labute approximate surface area is 147 Å². The number of imide groups is 1. The summed E-state index contributed by atoms with van der Waals surface area (Å²) in [6.07, 6.45) is -1.03. The average molecular weight is 353 g/mol. The minimum Gasteiger partial charge on any atom is -0.382 e. The van der Waals surface area contributed by atoms with Crippen molar-refractivity contribution < 1.29 is 14.7 Å². The van der Waals surface area contributed by atoms with E-state index in [-0.39, 0.29) is 5.56 Å². The normalized spacial score (nSPS) is 13.6. The molecule has 0 fully saturated rings. The smallest absolute Gasteiger partial charge is 0.274 e. The zero-order valence-electron chi connectivity index (χ0n) is 14.4. The first-order chi connectivity index (χ1) is 11.3. The third kappa shape index (κ3) is 5.59. The van der Waals surface area contributed by atoms with Gasteiger partial charge in [0, 0.05) is 11.6 Å². The van der Waals surface area contributed by atoms with E-state index < -0.39 is 24.0 Å². The van der Waals surface area contributed by atoms with E-state index in [1.165, 1.54) is 0 Å². The summed E-state index contributed by atoms with van der Waals surface area (Å²) in [4.78, 5) is 24.4. The number of hydrogen-bond acceptors (Lipinski definition) is 6. The van der Waals surface area contributed by atoms with Crippen molar-refractivity contribution in [2.45, 2.75) is 45.3 Å². The molecule has 24 heavy (non-hydrogen) atoms. The number of carbonyl (C=O) groups is 2. The van der Waals surface area contributed by atoms with Crippen LogP contribution in [0.1, 0.15) is 49.0 Å². The molecule has 0 aliphatic carbocycles. The molecule has 2 atom stereocenters. The Morgan fingerprint density at radius 3 is 2.33 bits per heavy atom. The van der Waals surface area contributed by atoms with Gasteiger partial charge in [-0.2, -0.15) is 11.8 Å². The number of thioether (sulfide) groups is 1. The van der Waals surface area contributed by atoms with Gasteiger partial charge in [0.15, 0.2) is 0 Å². The van der Waals surface area contributed by atoms with Crippen molar-refractivity contribution in [3.63, 3.8) is 0 Å². The number of aliphatic hydroxyl groups is 1. The molecule has 1 aromatic carbocycles. The van der Waals surface area contributed by atoms with Crippen LogP contribution in [-0.2, 0) is 4.79 Å². The van der Waals surface area contributed by atoms with Crippen LogP contribution in [-0.4, -0.2) is 45.6 Å². The summed E-state index contributed by atoms with van der Waals surface area (Å²) in [7, 11) is 0. The van der Waals surface area contributed by atoms with Gasteiger partial charge >= 0.3 is 0 Å². The van der Waals surface area contributed by atoms with Crippen LogP contribution in [0.5, 0.6) is 0 Å². The highest BCUT2D eigenvalue weighted by Crippen LogP contribution is 2.15. The lowest BCUT2D eigenvalue weighted by atomic mass is 10.0. The number of nitrogens with two attached hydrogens (primary N) is 2. The summed E-state index contributed by atoms with van der Waals surface area (Å²) in [5, 5.41) is 10.5. The number of nitrogens with zero attached hydrogens (tertiary/aromatic N) is 1. The summed E-state index contributed by atoms with van der Waals surface area (Å²) in [5.41, 5.74) is 7.18. The van der Waals surface area contributed by atoms with Crippen molar-refractivity contribution in [2.24, 2.45) is 11.6 Å². The molecule has 0 heterocycles. The van der Waals surface area contributed by atoms with Gasteiger partial charge in [0.05, 0.1) is 0 Å². The lowest BCUT2D eigenvalue weighted by Crippen LogP contribution is -2.53. The summed E-state index contributed by atoms with van der Waals surface area (Å²) in [5.74, 6) is 6.06. The highest BCUT2D eigenvalue weighted by atomic mass is 32.2. The van der Waals surface area contributed by atoms with Gasteiger partial charge in [-0.3, -0.25) is 9.59 Å². The van der Waals surface area contributed by atoms with Crippen molar-refractivity contribution in [3.8, 4) is 0 Å². The Balaban J connectivity index is 2.71. The fourth-order valence-corrected chi connectivity index (χ4v) is 2.82. The quantitative estimate of drug-likeness (QED) is 0.283. The zero-order valence-corrected chi connectivity index (χ0v) is 15.3. The molecule has 0 spiro atoms. The molecule has 0 aliphatic heterocycles. The van der Waals surface area contributed by atoms with E-state index in [4.69, 9.17) is 11.6 Å². The second-order valence-corrected chi connectivity index (χ2v) is 7.28. The molecule has 134 valence electrons. The van der Waals surface area contributed by atoms with Crippen LogP contribution < -0.4 is 11.6 Å². The van der Waals surface area contributed by atoms with Gasteiger partial charge in [0.25, 0.3) is 11.8 Å². The average Bonchev–Trinajstić information content (AvgIpc) is 2.59. The van der Waals surface area contributed by atoms with Crippen molar-refractivity contribution in [1.82, 2.24) is 5.01 Å². The van der Waals surface area contributed by atoms with Crippen LogP contribution in [0.15, 0.2) is 24.3 Å². The molecule has 0 radical (unpaired) electrons. The van der Waals surface area contributed by atoms with Gasteiger partial charge in [-0.05, 0) is 41.5 Å². The zero-order chi connectivity index (χ0) is 18.3. The molecular weight excluding hydrogens is 326 g/mol. The lowest BCUT2D eigenvalue weighted by Gasteiger charge is -2.22. The van der Waals surface area contributed by atoms with Crippen molar-refractivity contribution in [1.29, 1.82) is 0 Å². The standard InChI is InChI=1S/C17H27N3O3S/c1-4-24-10-9-14(18)15(21)17(23)20(19)16(22)13-7-5-12(6-8-13)11(2)3/h5-8,11,14-15,21H,4,9-10,18-19H2,1-3H3/t14-,15?/m1/s1. The lowest BCUT2D eigenvalue weighted by molar-refractivity contribution is -0.138. The van der Waals surface area contributed by atoms with Gasteiger partial charge in [0.1, 0.15) is 6.10 Å². The molecule has 1 unspecified atom stereocenters. The summed E-state index contributed by atoms with van der Waals surface area (Å²) < 4.78 is 0. The number of carbonyl (C=O) groups excluding carboxylic acids is 2. The summed E-state index contributed by atoms with van der Waals surface area (Å²) >= 11 is 1.67. The Morgan fingerprint density at radius 2 is 1.83 bits per heavy atom. The second-order valence-electron chi connectivity index (χ2n) is 5.88. The third-order valence-corrected chi connectivity index (χ3v) is 4.67. The molecule has 6 nitrogen and oxygen atoms in total. The van der Waals surface area contributed by atoms with Gasteiger partial charge in [0.2, 0.25) is 0 Å². The van der Waals surface area contributed by atoms with Crippen molar-refractivity contribution in [2.75, 3.05) is 11.5 Å². The highest BCUT2D eigenvalue weighted by Gasteiger charge is 2.30. The molecule has 1 rings (SSSR count). The van der Waals surface area contributed by atoms with E-state index in [0.29, 0.717) is 17.3 Å². The van der Waals surface area contributed by atoms with Crippen LogP contribution in [0.2, 0.25) is 0 Å². The van der Waals surface area contributed by atoms with Crippen molar-refractivity contribution >= 4 is 23.6 Å². The van der Waals surface area contributed by atoms with Crippen molar-refractivity contribution in [3.05, 3.63) is 35.4 Å². The fraction of sp³-hybridized carbons (Fsp3) is 0.529. The van der Waals surface area contributed by atoms with Crippen LogP contribution in [0.3, 0.4) is 0 Å². The predicted octanol–water partition coefficient (Wildman–Crippen LogP) is 1.48. The number of rotatable bonds is 8. The maximum Gasteiger partial charge on any atom is 0.274 e. The first kappa shape index (κ1) is 20.6. The summed E-state index contributed by atoms with van der Waals surface area (Å²) in [6, 6.07) is 6.13. The Bertz CT molecular complexity index is 549. The van der Waals surface area contributed by atoms with E-state index in [0.717, 1.165) is 17.1 Å². The Hall–Kier alpha value is -1.41. The number of benzene rings is 1. The maximum absolute atomic E-state index is 12.3. The summed E-state index contributed by atoms with van der Waals surface area (Å²) in [6.45, 7) is 6.11. The van der Waals surface area contributed by atoms with Crippen LogP contribution in [0, 0.1) is 0 Å². The van der Waals surface area contributed by atoms with Gasteiger partial charge in [-0.1, -0.05) is 32.9 Å². The largest absolute Gasteiger partial charge is 0.382 e. The molecule has 0 saturated heterocycles. The molecule has 0 aliphatic rings. The van der Waals surface area contributed by atoms with E-state index in [1.54, 1.807) is 23.9 Å².